The lowest BCUT2D eigenvalue weighted by molar-refractivity contribution is -0.137. The third-order valence-corrected chi connectivity index (χ3v) is 6.38. The Hall–Kier alpha value is -1.88. The Morgan fingerprint density at radius 2 is 1.60 bits per heavy atom. The first-order valence-electron chi connectivity index (χ1n) is 9.54. The molecule has 1 saturated heterocycles. The molecule has 1 aromatic rings. The van der Waals surface area contributed by atoms with Gasteiger partial charge in [-0.25, -0.2) is 0 Å². The summed E-state index contributed by atoms with van der Waals surface area (Å²) in [7, 11) is 0. The van der Waals surface area contributed by atoms with E-state index in [1.807, 2.05) is 40.1 Å². The normalized spacial score (nSPS) is 31.9. The van der Waals surface area contributed by atoms with Gasteiger partial charge in [0.2, 0.25) is 5.91 Å². The maximum atomic E-state index is 13.0. The summed E-state index contributed by atoms with van der Waals surface area (Å²) >= 11 is 0. The number of hydrogen-bond donors (Lipinski definition) is 1. The summed E-state index contributed by atoms with van der Waals surface area (Å²) in [5.41, 5.74) is 7.07. The van der Waals surface area contributed by atoms with Crippen molar-refractivity contribution in [3.63, 3.8) is 0 Å². The Bertz CT molecular complexity index is 646. The van der Waals surface area contributed by atoms with Crippen LogP contribution in [0.4, 0.5) is 0 Å². The highest BCUT2D eigenvalue weighted by atomic mass is 16.2. The number of rotatable bonds is 2. The predicted octanol–water partition coefficient (Wildman–Crippen LogP) is 1.73. The van der Waals surface area contributed by atoms with Crippen LogP contribution in [-0.4, -0.2) is 53.8 Å². The fourth-order valence-electron chi connectivity index (χ4n) is 5.02. The number of nitrogens with two attached hydrogens (primary N) is 1. The van der Waals surface area contributed by atoms with Gasteiger partial charge in [-0.05, 0) is 49.7 Å². The van der Waals surface area contributed by atoms with Crippen LogP contribution in [0.25, 0.3) is 0 Å². The lowest BCUT2D eigenvalue weighted by Crippen LogP contribution is -2.48. The molecule has 2 saturated carbocycles. The summed E-state index contributed by atoms with van der Waals surface area (Å²) in [4.78, 5) is 29.5. The van der Waals surface area contributed by atoms with Crippen LogP contribution in [-0.2, 0) is 4.79 Å². The van der Waals surface area contributed by atoms with Crippen LogP contribution in [0.3, 0.4) is 0 Å². The Labute approximate surface area is 149 Å². The van der Waals surface area contributed by atoms with Crippen molar-refractivity contribution in [2.45, 2.75) is 31.7 Å². The first kappa shape index (κ1) is 16.6. The van der Waals surface area contributed by atoms with E-state index in [9.17, 15) is 9.59 Å². The largest absolute Gasteiger partial charge is 0.341 e. The number of carbonyl (C=O) groups excluding carboxylic acids is 2. The Morgan fingerprint density at radius 1 is 0.920 bits per heavy atom. The molecule has 4 atom stereocenters. The van der Waals surface area contributed by atoms with E-state index in [2.05, 4.69) is 0 Å². The highest BCUT2D eigenvalue weighted by molar-refractivity contribution is 5.94. The molecular weight excluding hydrogens is 314 g/mol. The van der Waals surface area contributed by atoms with E-state index in [4.69, 9.17) is 5.73 Å². The second kappa shape index (κ2) is 6.79. The minimum Gasteiger partial charge on any atom is -0.341 e. The molecule has 1 heterocycles. The Balaban J connectivity index is 1.40. The minimum atomic E-state index is 0.00937. The van der Waals surface area contributed by atoms with Gasteiger partial charge < -0.3 is 15.5 Å². The number of nitrogens with zero attached hydrogens (tertiary/aromatic N) is 2. The Morgan fingerprint density at radius 3 is 2.32 bits per heavy atom. The molecule has 2 amide bonds. The van der Waals surface area contributed by atoms with Crippen molar-refractivity contribution in [2.24, 2.45) is 23.5 Å². The molecule has 0 aromatic heterocycles. The summed E-state index contributed by atoms with van der Waals surface area (Å²) in [5, 5.41) is 0. The summed E-state index contributed by atoms with van der Waals surface area (Å²) in [6.45, 7) is 2.67. The van der Waals surface area contributed by atoms with Crippen molar-refractivity contribution in [1.82, 2.24) is 9.80 Å². The van der Waals surface area contributed by atoms with E-state index in [0.717, 1.165) is 31.4 Å². The van der Waals surface area contributed by atoms with E-state index < -0.39 is 0 Å². The molecular formula is C20H27N3O2. The Kier molecular flexibility index (Phi) is 4.50. The molecule has 3 aliphatic rings. The van der Waals surface area contributed by atoms with Crippen molar-refractivity contribution < 1.29 is 9.59 Å². The first-order chi connectivity index (χ1) is 12.1. The topological polar surface area (TPSA) is 66.6 Å². The second-order valence-electron chi connectivity index (χ2n) is 7.77. The number of carbonyl (C=O) groups is 2. The molecule has 1 aliphatic heterocycles. The van der Waals surface area contributed by atoms with E-state index in [1.54, 1.807) is 0 Å². The standard InChI is InChI=1S/C20H27N3O2/c21-18-16-8-7-15(13-16)17(18)20(25)23-10-4-9-22(11-12-23)19(24)14-5-2-1-3-6-14/h1-3,5-6,15-18H,4,7-13,21H2. The van der Waals surface area contributed by atoms with Crippen LogP contribution < -0.4 is 5.73 Å². The van der Waals surface area contributed by atoms with Crippen LogP contribution in [0, 0.1) is 17.8 Å². The number of amides is 2. The van der Waals surface area contributed by atoms with Gasteiger partial charge in [0.1, 0.15) is 0 Å². The predicted molar refractivity (Wildman–Crippen MR) is 95.8 cm³/mol. The fourth-order valence-corrected chi connectivity index (χ4v) is 5.02. The molecule has 1 aromatic carbocycles. The fraction of sp³-hybridized carbons (Fsp3) is 0.600. The molecule has 2 aliphatic carbocycles. The average molecular weight is 341 g/mol. The number of hydrogen-bond acceptors (Lipinski definition) is 3. The van der Waals surface area contributed by atoms with E-state index in [0.29, 0.717) is 31.5 Å². The van der Waals surface area contributed by atoms with Gasteiger partial charge in [-0.3, -0.25) is 9.59 Å². The lowest BCUT2D eigenvalue weighted by Gasteiger charge is -2.32. The molecule has 25 heavy (non-hydrogen) atoms. The van der Waals surface area contributed by atoms with Crippen LogP contribution in [0.15, 0.2) is 30.3 Å². The van der Waals surface area contributed by atoms with Crippen LogP contribution >= 0.6 is 0 Å². The van der Waals surface area contributed by atoms with Crippen molar-refractivity contribution in [3.05, 3.63) is 35.9 Å². The zero-order chi connectivity index (χ0) is 17.4. The summed E-state index contributed by atoms with van der Waals surface area (Å²) in [5.74, 6) is 1.33. The lowest BCUT2D eigenvalue weighted by atomic mass is 9.84. The SMILES string of the molecule is NC1C2CCC(C2)C1C(=O)N1CCCN(C(=O)c2ccccc2)CC1. The van der Waals surface area contributed by atoms with Gasteiger partial charge in [-0.1, -0.05) is 18.2 Å². The molecule has 0 radical (unpaired) electrons. The molecule has 5 heteroatoms. The first-order valence-corrected chi connectivity index (χ1v) is 9.54. The monoisotopic (exact) mass is 341 g/mol. The number of benzene rings is 1. The van der Waals surface area contributed by atoms with Gasteiger partial charge >= 0.3 is 0 Å². The third kappa shape index (κ3) is 3.06. The number of fused-ring (bicyclic) bond motifs is 2. The van der Waals surface area contributed by atoms with E-state index in [-0.39, 0.29) is 23.8 Å². The van der Waals surface area contributed by atoms with E-state index in [1.165, 1.54) is 6.42 Å². The molecule has 3 fully saturated rings. The summed E-state index contributed by atoms with van der Waals surface area (Å²) in [6, 6.07) is 9.43. The summed E-state index contributed by atoms with van der Waals surface area (Å²) in [6.07, 6.45) is 4.31. The molecule has 4 rings (SSSR count). The van der Waals surface area contributed by atoms with Gasteiger partial charge in [0, 0.05) is 37.8 Å². The van der Waals surface area contributed by atoms with Crippen molar-refractivity contribution in [3.8, 4) is 0 Å². The second-order valence-corrected chi connectivity index (χ2v) is 7.77. The molecule has 4 unspecified atom stereocenters. The van der Waals surface area contributed by atoms with Crippen LogP contribution in [0.2, 0.25) is 0 Å². The van der Waals surface area contributed by atoms with Crippen molar-refractivity contribution in [1.29, 1.82) is 0 Å². The summed E-state index contributed by atoms with van der Waals surface area (Å²) < 4.78 is 0. The minimum absolute atomic E-state index is 0.00937. The van der Waals surface area contributed by atoms with Crippen LogP contribution in [0.5, 0.6) is 0 Å². The molecule has 0 spiro atoms. The zero-order valence-corrected chi connectivity index (χ0v) is 14.6. The van der Waals surface area contributed by atoms with Gasteiger partial charge in [0.15, 0.2) is 0 Å². The van der Waals surface area contributed by atoms with Gasteiger partial charge in [-0.2, -0.15) is 0 Å². The smallest absolute Gasteiger partial charge is 0.253 e. The quantitative estimate of drug-likeness (QED) is 0.891. The third-order valence-electron chi connectivity index (χ3n) is 6.38. The molecule has 5 nitrogen and oxygen atoms in total. The maximum Gasteiger partial charge on any atom is 0.253 e. The zero-order valence-electron chi connectivity index (χ0n) is 14.6. The maximum absolute atomic E-state index is 13.0. The highest BCUT2D eigenvalue weighted by Gasteiger charge is 2.50. The van der Waals surface area contributed by atoms with Crippen molar-refractivity contribution >= 4 is 11.8 Å². The highest BCUT2D eigenvalue weighted by Crippen LogP contribution is 2.48. The van der Waals surface area contributed by atoms with E-state index >= 15 is 0 Å². The van der Waals surface area contributed by atoms with Gasteiger partial charge in [-0.15, -0.1) is 0 Å². The van der Waals surface area contributed by atoms with Crippen molar-refractivity contribution in [2.75, 3.05) is 26.2 Å². The van der Waals surface area contributed by atoms with Gasteiger partial charge in [0.05, 0.1) is 5.92 Å². The van der Waals surface area contributed by atoms with Gasteiger partial charge in [0.25, 0.3) is 5.91 Å². The molecule has 2 N–H and O–H groups in total. The molecule has 134 valence electrons. The average Bonchev–Trinajstić information content (AvgIpc) is 3.14. The molecule has 2 bridgehead atoms. The van der Waals surface area contributed by atoms with Crippen LogP contribution in [0.1, 0.15) is 36.0 Å².